The molecule has 0 radical (unpaired) electrons. The summed E-state index contributed by atoms with van der Waals surface area (Å²) in [5, 5.41) is 2.77. The van der Waals surface area contributed by atoms with Crippen molar-refractivity contribution >= 4 is 29.2 Å². The minimum atomic E-state index is -0.260. The zero-order valence-corrected chi connectivity index (χ0v) is 16.3. The molecule has 0 saturated heterocycles. The van der Waals surface area contributed by atoms with Crippen LogP contribution in [0.4, 0.5) is 5.69 Å². The molecule has 0 bridgehead atoms. The third kappa shape index (κ3) is 4.05. The smallest absolute Gasteiger partial charge is 0.262 e. The van der Waals surface area contributed by atoms with Crippen LogP contribution >= 0.6 is 0 Å². The average Bonchev–Trinajstić information content (AvgIpc) is 3.00. The van der Waals surface area contributed by atoms with Crippen molar-refractivity contribution in [2.24, 2.45) is 0 Å². The standard InChI is InChI=1S/C25H19NO4/c1-16-6-10-18(11-7-16)26-23(27)15-30-19-12-8-17(9-13-19)14-22-24(28)20-4-2-3-5-21(20)25(22)29/h2-14H,15H2,1H3,(H,26,27). The highest BCUT2D eigenvalue weighted by molar-refractivity contribution is 6.41. The number of anilines is 1. The Hall–Kier alpha value is -3.99. The van der Waals surface area contributed by atoms with Gasteiger partial charge in [0.05, 0.1) is 5.57 Å². The van der Waals surface area contributed by atoms with Gasteiger partial charge in [0.15, 0.2) is 18.2 Å². The van der Waals surface area contributed by atoms with Gasteiger partial charge in [-0.3, -0.25) is 14.4 Å². The molecule has 3 aromatic rings. The maximum absolute atomic E-state index is 12.5. The number of allylic oxidation sites excluding steroid dienone is 1. The Morgan fingerprint density at radius 1 is 0.867 bits per heavy atom. The molecule has 30 heavy (non-hydrogen) atoms. The van der Waals surface area contributed by atoms with Gasteiger partial charge < -0.3 is 10.1 Å². The van der Waals surface area contributed by atoms with Gasteiger partial charge in [-0.2, -0.15) is 0 Å². The Bertz CT molecular complexity index is 1120. The minimum Gasteiger partial charge on any atom is -0.484 e. The van der Waals surface area contributed by atoms with Crippen LogP contribution in [0.25, 0.3) is 6.08 Å². The van der Waals surface area contributed by atoms with Crippen LogP contribution in [-0.2, 0) is 4.79 Å². The third-order valence-electron chi connectivity index (χ3n) is 4.80. The lowest BCUT2D eigenvalue weighted by molar-refractivity contribution is -0.118. The van der Waals surface area contributed by atoms with Gasteiger partial charge in [-0.05, 0) is 42.8 Å². The number of carbonyl (C=O) groups excluding carboxylic acids is 3. The second-order valence-corrected chi connectivity index (χ2v) is 7.03. The molecule has 1 amide bonds. The first kappa shape index (κ1) is 19.3. The van der Waals surface area contributed by atoms with Gasteiger partial charge in [0.1, 0.15) is 5.75 Å². The van der Waals surface area contributed by atoms with Gasteiger partial charge in [0.2, 0.25) is 0 Å². The maximum atomic E-state index is 12.5. The summed E-state index contributed by atoms with van der Waals surface area (Å²) in [7, 11) is 0. The van der Waals surface area contributed by atoms with Crippen molar-refractivity contribution in [2.75, 3.05) is 11.9 Å². The van der Waals surface area contributed by atoms with E-state index in [1.807, 2.05) is 31.2 Å². The number of hydrogen-bond acceptors (Lipinski definition) is 4. The molecule has 1 N–H and O–H groups in total. The number of hydrogen-bond donors (Lipinski definition) is 1. The van der Waals surface area contributed by atoms with Crippen molar-refractivity contribution in [1.29, 1.82) is 0 Å². The summed E-state index contributed by atoms with van der Waals surface area (Å²) in [6.07, 6.45) is 1.58. The maximum Gasteiger partial charge on any atom is 0.262 e. The SMILES string of the molecule is Cc1ccc(NC(=O)COc2ccc(C=C3C(=O)c4ccccc4C3=O)cc2)cc1. The molecule has 0 heterocycles. The number of amides is 1. The van der Waals surface area contributed by atoms with E-state index in [2.05, 4.69) is 5.32 Å². The van der Waals surface area contributed by atoms with Gasteiger partial charge >= 0.3 is 0 Å². The molecule has 1 aliphatic rings. The predicted octanol–water partition coefficient (Wildman–Crippen LogP) is 4.48. The Labute approximate surface area is 174 Å². The summed E-state index contributed by atoms with van der Waals surface area (Å²) < 4.78 is 5.52. The first-order valence-electron chi connectivity index (χ1n) is 9.51. The van der Waals surface area contributed by atoms with Crippen molar-refractivity contribution in [2.45, 2.75) is 6.92 Å². The molecule has 1 aliphatic carbocycles. The van der Waals surface area contributed by atoms with Crippen LogP contribution in [0.2, 0.25) is 0 Å². The molecule has 3 aromatic carbocycles. The Balaban J connectivity index is 1.38. The zero-order chi connectivity index (χ0) is 21.1. The van der Waals surface area contributed by atoms with Crippen LogP contribution in [0.15, 0.2) is 78.4 Å². The highest BCUT2D eigenvalue weighted by Gasteiger charge is 2.32. The van der Waals surface area contributed by atoms with Gasteiger partial charge in [0, 0.05) is 16.8 Å². The number of benzene rings is 3. The van der Waals surface area contributed by atoms with Crippen molar-refractivity contribution < 1.29 is 19.1 Å². The van der Waals surface area contributed by atoms with Gasteiger partial charge in [-0.25, -0.2) is 0 Å². The lowest BCUT2D eigenvalue weighted by Gasteiger charge is -2.08. The minimum absolute atomic E-state index is 0.124. The zero-order valence-electron chi connectivity index (χ0n) is 16.3. The Kier molecular flexibility index (Phi) is 5.26. The number of aryl methyl sites for hydroxylation is 1. The monoisotopic (exact) mass is 397 g/mol. The van der Waals surface area contributed by atoms with Crippen LogP contribution < -0.4 is 10.1 Å². The van der Waals surface area contributed by atoms with Crippen molar-refractivity contribution in [3.05, 3.63) is 101 Å². The van der Waals surface area contributed by atoms with Crippen LogP contribution in [0, 0.1) is 6.92 Å². The normalized spacial score (nSPS) is 12.5. The Morgan fingerprint density at radius 3 is 2.07 bits per heavy atom. The first-order valence-corrected chi connectivity index (χ1v) is 9.51. The van der Waals surface area contributed by atoms with Crippen LogP contribution in [0.5, 0.6) is 5.75 Å². The van der Waals surface area contributed by atoms with E-state index in [0.29, 0.717) is 28.1 Å². The molecule has 0 aliphatic heterocycles. The van der Waals surface area contributed by atoms with Crippen molar-refractivity contribution in [1.82, 2.24) is 0 Å². The number of carbonyl (C=O) groups is 3. The number of ketones is 2. The topological polar surface area (TPSA) is 72.5 Å². The van der Waals surface area contributed by atoms with E-state index in [4.69, 9.17) is 4.74 Å². The summed E-state index contributed by atoms with van der Waals surface area (Å²) in [4.78, 5) is 37.0. The fourth-order valence-corrected chi connectivity index (χ4v) is 3.21. The molecule has 0 unspecified atom stereocenters. The number of fused-ring (bicyclic) bond motifs is 1. The second-order valence-electron chi connectivity index (χ2n) is 7.03. The number of Topliss-reactive ketones (excluding diaryl/α,β-unsaturated/α-hetero) is 2. The number of nitrogens with one attached hydrogen (secondary N) is 1. The number of ether oxygens (including phenoxy) is 1. The lowest BCUT2D eigenvalue weighted by Crippen LogP contribution is -2.20. The van der Waals surface area contributed by atoms with Crippen molar-refractivity contribution in [3.63, 3.8) is 0 Å². The molecule has 0 atom stereocenters. The summed E-state index contributed by atoms with van der Waals surface area (Å²) in [5.74, 6) is -0.263. The van der Waals surface area contributed by atoms with Crippen molar-refractivity contribution in [3.8, 4) is 5.75 Å². The molecular weight excluding hydrogens is 378 g/mol. The van der Waals surface area contributed by atoms with E-state index in [0.717, 1.165) is 5.56 Å². The second kappa shape index (κ2) is 8.17. The first-order chi connectivity index (χ1) is 14.5. The molecule has 0 saturated carbocycles. The van der Waals surface area contributed by atoms with Gasteiger partial charge in [-0.15, -0.1) is 0 Å². The molecule has 4 rings (SSSR count). The highest BCUT2D eigenvalue weighted by atomic mass is 16.5. The molecule has 148 valence electrons. The fraction of sp³-hybridized carbons (Fsp3) is 0.0800. The summed E-state index contributed by atoms with van der Waals surface area (Å²) in [6, 6.07) is 21.2. The highest BCUT2D eigenvalue weighted by Crippen LogP contribution is 2.28. The average molecular weight is 397 g/mol. The van der Waals surface area contributed by atoms with E-state index >= 15 is 0 Å². The molecule has 0 spiro atoms. The Morgan fingerprint density at radius 2 is 1.47 bits per heavy atom. The lowest BCUT2D eigenvalue weighted by atomic mass is 10.1. The van der Waals surface area contributed by atoms with Crippen LogP contribution in [0.1, 0.15) is 31.8 Å². The van der Waals surface area contributed by atoms with E-state index in [9.17, 15) is 14.4 Å². The number of rotatable bonds is 5. The van der Waals surface area contributed by atoms with E-state index in [1.54, 1.807) is 54.6 Å². The molecular formula is C25H19NO4. The van der Waals surface area contributed by atoms with E-state index in [1.165, 1.54) is 0 Å². The molecule has 0 aromatic heterocycles. The van der Waals surface area contributed by atoms with E-state index in [-0.39, 0.29) is 29.7 Å². The largest absolute Gasteiger partial charge is 0.484 e. The predicted molar refractivity (Wildman–Crippen MR) is 115 cm³/mol. The van der Waals surface area contributed by atoms with E-state index < -0.39 is 0 Å². The van der Waals surface area contributed by atoms with Gasteiger partial charge in [-0.1, -0.05) is 54.1 Å². The third-order valence-corrected chi connectivity index (χ3v) is 4.80. The van der Waals surface area contributed by atoms with Crippen LogP contribution in [-0.4, -0.2) is 24.1 Å². The summed E-state index contributed by atoms with van der Waals surface area (Å²) in [5.41, 5.74) is 3.56. The molecule has 0 fully saturated rings. The quantitative estimate of drug-likeness (QED) is 0.509. The summed E-state index contributed by atoms with van der Waals surface area (Å²) in [6.45, 7) is 1.85. The molecule has 5 nitrogen and oxygen atoms in total. The summed E-state index contributed by atoms with van der Waals surface area (Å²) >= 11 is 0. The van der Waals surface area contributed by atoms with Crippen LogP contribution in [0.3, 0.4) is 0 Å². The molecule has 5 heteroatoms. The van der Waals surface area contributed by atoms with Gasteiger partial charge in [0.25, 0.3) is 5.91 Å². The fourth-order valence-electron chi connectivity index (χ4n) is 3.21.